The molecule has 0 N–H and O–H groups in total. The zero-order chi connectivity index (χ0) is 20.1. The Balaban J connectivity index is 1.59. The maximum absolute atomic E-state index is 10.9. The maximum Gasteiger partial charge on any atom is 0.269 e. The van der Waals surface area contributed by atoms with Crippen molar-refractivity contribution in [2.24, 2.45) is 0 Å². The van der Waals surface area contributed by atoms with Crippen LogP contribution in [0.5, 0.6) is 0 Å². The second kappa shape index (κ2) is 9.17. The molecule has 1 saturated heterocycles. The molecule has 0 bridgehead atoms. The van der Waals surface area contributed by atoms with E-state index in [1.165, 1.54) is 12.1 Å². The molecule has 2 heterocycles. The van der Waals surface area contributed by atoms with Crippen LogP contribution in [0.15, 0.2) is 59.8 Å². The molecule has 0 amide bonds. The molecule has 0 atom stereocenters. The van der Waals surface area contributed by atoms with E-state index in [9.17, 15) is 10.1 Å². The predicted molar refractivity (Wildman–Crippen MR) is 111 cm³/mol. The second-order valence-electron chi connectivity index (χ2n) is 6.58. The Bertz CT molecular complexity index is 956. The molecule has 150 valence electrons. The molecule has 3 aromatic rings. The molecule has 0 spiro atoms. The number of morpholine rings is 1. The lowest BCUT2D eigenvalue weighted by molar-refractivity contribution is -0.384. The monoisotopic (exact) mass is 411 g/mol. The Labute approximate surface area is 172 Å². The van der Waals surface area contributed by atoms with Crippen LogP contribution in [0.4, 0.5) is 5.69 Å². The third kappa shape index (κ3) is 4.64. The highest BCUT2D eigenvalue weighted by Gasteiger charge is 2.18. The fourth-order valence-electron chi connectivity index (χ4n) is 3.18. The highest BCUT2D eigenvalue weighted by molar-refractivity contribution is 7.99. The third-order valence-corrected chi connectivity index (χ3v) is 5.64. The smallest absolute Gasteiger partial charge is 0.269 e. The summed E-state index contributed by atoms with van der Waals surface area (Å²) >= 11 is 1.66. The van der Waals surface area contributed by atoms with Gasteiger partial charge in [-0.15, -0.1) is 10.2 Å². The maximum atomic E-state index is 10.9. The average Bonchev–Trinajstić information content (AvgIpc) is 3.19. The van der Waals surface area contributed by atoms with Gasteiger partial charge in [0, 0.05) is 48.8 Å². The van der Waals surface area contributed by atoms with Gasteiger partial charge in [-0.2, -0.15) is 0 Å². The first-order chi connectivity index (χ1) is 14.2. The molecule has 1 fully saturated rings. The van der Waals surface area contributed by atoms with Crippen molar-refractivity contribution in [1.82, 2.24) is 19.7 Å². The predicted octanol–water partition coefficient (Wildman–Crippen LogP) is 3.27. The van der Waals surface area contributed by atoms with Gasteiger partial charge in [0.1, 0.15) is 0 Å². The van der Waals surface area contributed by atoms with Crippen molar-refractivity contribution < 1.29 is 9.66 Å². The van der Waals surface area contributed by atoms with Crippen LogP contribution in [-0.4, -0.2) is 63.2 Å². The van der Waals surface area contributed by atoms with E-state index in [0.29, 0.717) is 5.82 Å². The van der Waals surface area contributed by atoms with Crippen LogP contribution in [0.25, 0.3) is 17.1 Å². The minimum absolute atomic E-state index is 0.0552. The van der Waals surface area contributed by atoms with Gasteiger partial charge in [-0.1, -0.05) is 30.0 Å². The summed E-state index contributed by atoms with van der Waals surface area (Å²) < 4.78 is 7.40. The Kier molecular flexibility index (Phi) is 6.18. The van der Waals surface area contributed by atoms with E-state index in [2.05, 4.69) is 15.1 Å². The Hall–Kier alpha value is -2.75. The molecule has 1 aromatic heterocycles. The minimum atomic E-state index is -0.404. The van der Waals surface area contributed by atoms with Gasteiger partial charge in [0.05, 0.1) is 18.1 Å². The van der Waals surface area contributed by atoms with Crippen LogP contribution in [0.3, 0.4) is 0 Å². The Morgan fingerprint density at radius 1 is 1.03 bits per heavy atom. The average molecular weight is 411 g/mol. The largest absolute Gasteiger partial charge is 0.379 e. The molecule has 0 aliphatic carbocycles. The lowest BCUT2D eigenvalue weighted by Gasteiger charge is -2.26. The molecule has 9 heteroatoms. The summed E-state index contributed by atoms with van der Waals surface area (Å²) in [7, 11) is 0. The number of nitro benzene ring substituents is 1. The van der Waals surface area contributed by atoms with Crippen molar-refractivity contribution in [1.29, 1.82) is 0 Å². The molecular weight excluding hydrogens is 390 g/mol. The van der Waals surface area contributed by atoms with Crippen molar-refractivity contribution >= 4 is 17.4 Å². The lowest BCUT2D eigenvalue weighted by Crippen LogP contribution is -2.37. The van der Waals surface area contributed by atoms with Crippen LogP contribution < -0.4 is 0 Å². The normalized spacial score (nSPS) is 14.8. The minimum Gasteiger partial charge on any atom is -0.379 e. The SMILES string of the molecule is O=[N+]([O-])c1ccc(-c2nnc(SCCN3CCOCC3)n2-c2ccccc2)cc1. The Morgan fingerprint density at radius 3 is 2.45 bits per heavy atom. The topological polar surface area (TPSA) is 86.3 Å². The summed E-state index contributed by atoms with van der Waals surface area (Å²) in [5.74, 6) is 1.56. The number of ether oxygens (including phenoxy) is 1. The number of aromatic nitrogens is 3. The fourth-order valence-corrected chi connectivity index (χ4v) is 4.13. The van der Waals surface area contributed by atoms with Crippen molar-refractivity contribution in [3.63, 3.8) is 0 Å². The molecule has 4 rings (SSSR count). The van der Waals surface area contributed by atoms with Crippen LogP contribution in [0, 0.1) is 10.1 Å². The van der Waals surface area contributed by atoms with E-state index < -0.39 is 4.92 Å². The number of hydrogen-bond acceptors (Lipinski definition) is 7. The number of hydrogen-bond donors (Lipinski definition) is 0. The van der Waals surface area contributed by atoms with E-state index in [1.54, 1.807) is 23.9 Å². The first-order valence-electron chi connectivity index (χ1n) is 9.41. The standard InChI is InChI=1S/C20H21N5O3S/c26-25(27)18-8-6-16(7-9-18)19-21-22-20(24(19)17-4-2-1-3-5-17)29-15-12-23-10-13-28-14-11-23/h1-9H,10-15H2. The van der Waals surface area contributed by atoms with Crippen LogP contribution >= 0.6 is 11.8 Å². The van der Waals surface area contributed by atoms with Crippen molar-refractivity contribution in [2.75, 3.05) is 38.6 Å². The summed E-state index contributed by atoms with van der Waals surface area (Å²) in [6, 6.07) is 16.3. The first kappa shape index (κ1) is 19.6. The molecule has 2 aromatic carbocycles. The van der Waals surface area contributed by atoms with Gasteiger partial charge in [-0.3, -0.25) is 19.6 Å². The van der Waals surface area contributed by atoms with Crippen LogP contribution in [-0.2, 0) is 4.74 Å². The van der Waals surface area contributed by atoms with Gasteiger partial charge in [-0.25, -0.2) is 0 Å². The zero-order valence-electron chi connectivity index (χ0n) is 15.8. The number of nitro groups is 1. The Morgan fingerprint density at radius 2 is 1.76 bits per heavy atom. The fraction of sp³-hybridized carbons (Fsp3) is 0.300. The van der Waals surface area contributed by atoms with Gasteiger partial charge in [0.2, 0.25) is 0 Å². The molecular formula is C20H21N5O3S. The first-order valence-corrected chi connectivity index (χ1v) is 10.4. The summed E-state index contributed by atoms with van der Waals surface area (Å²) in [6.45, 7) is 4.45. The molecule has 1 aliphatic heterocycles. The van der Waals surface area contributed by atoms with E-state index in [-0.39, 0.29) is 5.69 Å². The summed E-state index contributed by atoms with van der Waals surface area (Å²) in [4.78, 5) is 12.9. The second-order valence-corrected chi connectivity index (χ2v) is 7.65. The zero-order valence-corrected chi connectivity index (χ0v) is 16.6. The van der Waals surface area contributed by atoms with E-state index in [4.69, 9.17) is 4.74 Å². The number of nitrogens with zero attached hydrogens (tertiary/aromatic N) is 5. The quantitative estimate of drug-likeness (QED) is 0.335. The number of thioether (sulfide) groups is 1. The highest BCUT2D eigenvalue weighted by Crippen LogP contribution is 2.29. The van der Waals surface area contributed by atoms with E-state index in [1.807, 2.05) is 34.9 Å². The van der Waals surface area contributed by atoms with Gasteiger partial charge < -0.3 is 4.74 Å². The summed E-state index contributed by atoms with van der Waals surface area (Å²) in [5, 5.41) is 20.6. The van der Waals surface area contributed by atoms with Crippen molar-refractivity contribution in [3.8, 4) is 17.1 Å². The highest BCUT2D eigenvalue weighted by atomic mass is 32.2. The third-order valence-electron chi connectivity index (χ3n) is 4.73. The van der Waals surface area contributed by atoms with Gasteiger partial charge >= 0.3 is 0 Å². The number of para-hydroxylation sites is 1. The van der Waals surface area contributed by atoms with Crippen molar-refractivity contribution in [2.45, 2.75) is 5.16 Å². The number of non-ortho nitro benzene ring substituents is 1. The molecule has 0 radical (unpaired) electrons. The van der Waals surface area contributed by atoms with Gasteiger partial charge in [-0.05, 0) is 24.3 Å². The number of rotatable bonds is 7. The molecule has 0 unspecified atom stereocenters. The van der Waals surface area contributed by atoms with Crippen LogP contribution in [0.2, 0.25) is 0 Å². The van der Waals surface area contributed by atoms with Crippen LogP contribution in [0.1, 0.15) is 0 Å². The van der Waals surface area contributed by atoms with Crippen molar-refractivity contribution in [3.05, 3.63) is 64.7 Å². The lowest BCUT2D eigenvalue weighted by atomic mass is 10.2. The summed E-state index contributed by atoms with van der Waals surface area (Å²) in [6.07, 6.45) is 0. The van der Waals surface area contributed by atoms with Gasteiger partial charge in [0.15, 0.2) is 11.0 Å². The molecule has 29 heavy (non-hydrogen) atoms. The molecule has 8 nitrogen and oxygen atoms in total. The molecule has 1 aliphatic rings. The van der Waals surface area contributed by atoms with E-state index in [0.717, 1.165) is 55.0 Å². The molecule has 0 saturated carbocycles. The number of benzene rings is 2. The summed E-state index contributed by atoms with van der Waals surface area (Å²) in [5.41, 5.74) is 1.80. The van der Waals surface area contributed by atoms with Gasteiger partial charge in [0.25, 0.3) is 5.69 Å². The van der Waals surface area contributed by atoms with E-state index >= 15 is 0 Å².